The van der Waals surface area contributed by atoms with E-state index in [1.807, 2.05) is 47.4 Å². The number of hydrogen-bond acceptors (Lipinski definition) is 3. The van der Waals surface area contributed by atoms with Crippen molar-refractivity contribution in [3.05, 3.63) is 65.7 Å². The standard InChI is InChI=1S/C22H26N2O2.ClH/c1-26-18-10-8-17(9-11-18)22(12-5-13-22)21(25)24-14-19(20(23)15-24)16-6-3-2-4-7-16;/h2-4,6-11,19-20H,5,12-15,23H2,1H3;1H/t19-,20+;/m0./s1. The van der Waals surface area contributed by atoms with Crippen molar-refractivity contribution in [3.8, 4) is 5.75 Å². The van der Waals surface area contributed by atoms with Gasteiger partial charge in [0.05, 0.1) is 12.5 Å². The van der Waals surface area contributed by atoms with E-state index in [4.69, 9.17) is 10.5 Å². The van der Waals surface area contributed by atoms with Gasteiger partial charge in [-0.15, -0.1) is 12.4 Å². The maximum Gasteiger partial charge on any atom is 0.233 e. The Morgan fingerprint density at radius 1 is 1.07 bits per heavy atom. The van der Waals surface area contributed by atoms with Crippen LogP contribution in [0.5, 0.6) is 5.75 Å². The van der Waals surface area contributed by atoms with Crippen molar-refractivity contribution in [2.75, 3.05) is 20.2 Å². The molecular weight excluding hydrogens is 360 g/mol. The second-order valence-corrected chi connectivity index (χ2v) is 7.56. The zero-order chi connectivity index (χ0) is 18.1. The molecule has 2 atom stereocenters. The first-order chi connectivity index (χ1) is 12.6. The molecule has 1 aliphatic heterocycles. The maximum absolute atomic E-state index is 13.5. The first kappa shape index (κ1) is 19.7. The Balaban J connectivity index is 0.00000210. The van der Waals surface area contributed by atoms with Crippen molar-refractivity contribution >= 4 is 18.3 Å². The third kappa shape index (κ3) is 3.44. The van der Waals surface area contributed by atoms with E-state index in [1.54, 1.807) is 7.11 Å². The Morgan fingerprint density at radius 3 is 2.30 bits per heavy atom. The summed E-state index contributed by atoms with van der Waals surface area (Å²) in [4.78, 5) is 15.5. The summed E-state index contributed by atoms with van der Waals surface area (Å²) >= 11 is 0. The molecule has 2 N–H and O–H groups in total. The van der Waals surface area contributed by atoms with Crippen molar-refractivity contribution < 1.29 is 9.53 Å². The van der Waals surface area contributed by atoms with E-state index in [2.05, 4.69) is 12.1 Å². The van der Waals surface area contributed by atoms with Gasteiger partial charge in [-0.1, -0.05) is 48.9 Å². The minimum absolute atomic E-state index is 0. The maximum atomic E-state index is 13.5. The SMILES string of the molecule is COc1ccc(C2(C(=O)N3C[C@@H](N)[C@H](c4ccccc4)C3)CCC2)cc1.Cl. The van der Waals surface area contributed by atoms with E-state index >= 15 is 0 Å². The molecule has 1 amide bonds. The van der Waals surface area contributed by atoms with Gasteiger partial charge in [0.15, 0.2) is 0 Å². The summed E-state index contributed by atoms with van der Waals surface area (Å²) in [7, 11) is 1.66. The minimum atomic E-state index is -0.377. The monoisotopic (exact) mass is 386 g/mol. The lowest BCUT2D eigenvalue weighted by molar-refractivity contribution is -0.139. The molecule has 4 nitrogen and oxygen atoms in total. The Kier molecular flexibility index (Phi) is 5.78. The Hall–Kier alpha value is -2.04. The van der Waals surface area contributed by atoms with E-state index in [1.165, 1.54) is 5.56 Å². The number of nitrogens with zero attached hydrogens (tertiary/aromatic N) is 1. The molecule has 2 aromatic rings. The number of carbonyl (C=O) groups excluding carboxylic acids is 1. The first-order valence-electron chi connectivity index (χ1n) is 9.38. The van der Waals surface area contributed by atoms with Crippen LogP contribution in [0.25, 0.3) is 0 Å². The van der Waals surface area contributed by atoms with Crippen LogP contribution in [-0.2, 0) is 10.2 Å². The molecule has 1 saturated carbocycles. The number of likely N-dealkylation sites (tertiary alicyclic amines) is 1. The lowest BCUT2D eigenvalue weighted by Gasteiger charge is -2.43. The second-order valence-electron chi connectivity index (χ2n) is 7.56. The normalized spacial score (nSPS) is 23.3. The van der Waals surface area contributed by atoms with Crippen molar-refractivity contribution in [1.82, 2.24) is 4.90 Å². The summed E-state index contributed by atoms with van der Waals surface area (Å²) in [5.41, 5.74) is 8.36. The average Bonchev–Trinajstić information content (AvgIpc) is 3.04. The van der Waals surface area contributed by atoms with E-state index in [9.17, 15) is 4.79 Å². The molecule has 144 valence electrons. The predicted molar refractivity (Wildman–Crippen MR) is 110 cm³/mol. The fourth-order valence-electron chi connectivity index (χ4n) is 4.42. The van der Waals surface area contributed by atoms with Gasteiger partial charge in [-0.3, -0.25) is 4.79 Å². The highest BCUT2D eigenvalue weighted by Gasteiger charge is 2.49. The number of ether oxygens (including phenoxy) is 1. The van der Waals surface area contributed by atoms with Crippen LogP contribution in [0.15, 0.2) is 54.6 Å². The number of rotatable bonds is 4. The molecular formula is C22H27ClN2O2. The zero-order valence-corrected chi connectivity index (χ0v) is 16.5. The number of halogens is 1. The molecule has 1 heterocycles. The van der Waals surface area contributed by atoms with Crippen LogP contribution in [0.2, 0.25) is 0 Å². The largest absolute Gasteiger partial charge is 0.497 e. The molecule has 0 bridgehead atoms. The number of hydrogen-bond donors (Lipinski definition) is 1. The van der Waals surface area contributed by atoms with Gasteiger partial charge in [-0.25, -0.2) is 0 Å². The molecule has 0 unspecified atom stereocenters. The molecule has 4 rings (SSSR count). The molecule has 2 aliphatic rings. The van der Waals surface area contributed by atoms with Crippen LogP contribution in [0.4, 0.5) is 0 Å². The highest BCUT2D eigenvalue weighted by Crippen LogP contribution is 2.46. The van der Waals surface area contributed by atoms with E-state index in [-0.39, 0.29) is 35.7 Å². The molecule has 2 aromatic carbocycles. The van der Waals surface area contributed by atoms with Crippen LogP contribution >= 0.6 is 12.4 Å². The van der Waals surface area contributed by atoms with E-state index in [0.717, 1.165) is 30.6 Å². The van der Waals surface area contributed by atoms with Crippen molar-refractivity contribution in [2.45, 2.75) is 36.6 Å². The van der Waals surface area contributed by atoms with Crippen molar-refractivity contribution in [1.29, 1.82) is 0 Å². The summed E-state index contributed by atoms with van der Waals surface area (Å²) in [6, 6.07) is 18.3. The molecule has 0 aromatic heterocycles. The van der Waals surface area contributed by atoms with Gasteiger partial charge in [0.1, 0.15) is 5.75 Å². The Morgan fingerprint density at radius 2 is 1.74 bits per heavy atom. The van der Waals surface area contributed by atoms with Crippen LogP contribution in [-0.4, -0.2) is 37.0 Å². The fourth-order valence-corrected chi connectivity index (χ4v) is 4.42. The lowest BCUT2D eigenvalue weighted by Crippen LogP contribution is -2.50. The minimum Gasteiger partial charge on any atom is -0.497 e. The molecule has 1 aliphatic carbocycles. The van der Waals surface area contributed by atoms with Crippen molar-refractivity contribution in [2.24, 2.45) is 5.73 Å². The first-order valence-corrected chi connectivity index (χ1v) is 9.38. The third-order valence-corrected chi connectivity index (χ3v) is 6.14. The summed E-state index contributed by atoms with van der Waals surface area (Å²) in [5.74, 6) is 1.28. The highest BCUT2D eigenvalue weighted by molar-refractivity contribution is 5.89. The number of nitrogens with two attached hydrogens (primary N) is 1. The van der Waals surface area contributed by atoms with Crippen LogP contribution in [0.1, 0.15) is 36.3 Å². The molecule has 5 heteroatoms. The Labute approximate surface area is 167 Å². The summed E-state index contributed by atoms with van der Waals surface area (Å²) in [6.45, 7) is 1.35. The smallest absolute Gasteiger partial charge is 0.233 e. The molecule has 27 heavy (non-hydrogen) atoms. The van der Waals surface area contributed by atoms with Gasteiger partial charge in [-0.2, -0.15) is 0 Å². The summed E-state index contributed by atoms with van der Waals surface area (Å²) in [5, 5.41) is 0. The van der Waals surface area contributed by atoms with Crippen LogP contribution < -0.4 is 10.5 Å². The highest BCUT2D eigenvalue weighted by atomic mass is 35.5. The van der Waals surface area contributed by atoms with Gasteiger partial charge < -0.3 is 15.4 Å². The topological polar surface area (TPSA) is 55.6 Å². The van der Waals surface area contributed by atoms with Gasteiger partial charge >= 0.3 is 0 Å². The van der Waals surface area contributed by atoms with E-state index < -0.39 is 0 Å². The van der Waals surface area contributed by atoms with Gasteiger partial charge in [-0.05, 0) is 36.1 Å². The third-order valence-electron chi connectivity index (χ3n) is 6.14. The lowest BCUT2D eigenvalue weighted by atomic mass is 9.63. The molecule has 1 saturated heterocycles. The van der Waals surface area contributed by atoms with E-state index in [0.29, 0.717) is 13.1 Å². The van der Waals surface area contributed by atoms with Gasteiger partial charge in [0.2, 0.25) is 5.91 Å². The Bertz CT molecular complexity index is 775. The van der Waals surface area contributed by atoms with Crippen molar-refractivity contribution in [3.63, 3.8) is 0 Å². The number of methoxy groups -OCH3 is 1. The second kappa shape index (κ2) is 7.91. The number of amides is 1. The quantitative estimate of drug-likeness (QED) is 0.875. The van der Waals surface area contributed by atoms with Gasteiger partial charge in [0.25, 0.3) is 0 Å². The summed E-state index contributed by atoms with van der Waals surface area (Å²) < 4.78 is 5.26. The molecule has 0 radical (unpaired) electrons. The van der Waals surface area contributed by atoms with Crippen LogP contribution in [0, 0.1) is 0 Å². The predicted octanol–water partition coefficient (Wildman–Crippen LogP) is 3.49. The van der Waals surface area contributed by atoms with Gasteiger partial charge in [0, 0.05) is 25.0 Å². The molecule has 2 fully saturated rings. The number of benzene rings is 2. The summed E-state index contributed by atoms with van der Waals surface area (Å²) in [6.07, 6.45) is 2.93. The number of carbonyl (C=O) groups is 1. The molecule has 0 spiro atoms. The fraction of sp³-hybridized carbons (Fsp3) is 0.409. The average molecular weight is 387 g/mol. The van der Waals surface area contributed by atoms with Crippen LogP contribution in [0.3, 0.4) is 0 Å². The zero-order valence-electron chi connectivity index (χ0n) is 15.6.